The molecule has 0 heterocycles. The van der Waals surface area contributed by atoms with E-state index in [-0.39, 0.29) is 11.5 Å². The third-order valence-electron chi connectivity index (χ3n) is 1.51. The summed E-state index contributed by atoms with van der Waals surface area (Å²) >= 11 is 5.68. The van der Waals surface area contributed by atoms with Gasteiger partial charge in [0.25, 0.3) is 0 Å². The molecular weight excluding hydrogens is 112 g/mol. The fourth-order valence-corrected chi connectivity index (χ4v) is 0.972. The summed E-state index contributed by atoms with van der Waals surface area (Å²) in [6.45, 7) is -0.103. The van der Waals surface area contributed by atoms with E-state index in [1.165, 1.54) is 0 Å². The predicted molar refractivity (Wildman–Crippen MR) is 28.0 cm³/mol. The van der Waals surface area contributed by atoms with Crippen molar-refractivity contribution in [3.8, 4) is 0 Å². The molecule has 1 rings (SSSR count). The molecule has 0 bridgehead atoms. The maximum absolute atomic E-state index is 10.1. The van der Waals surface area contributed by atoms with Crippen LogP contribution >= 0.6 is 11.6 Å². The van der Waals surface area contributed by atoms with Crippen molar-refractivity contribution in [1.29, 1.82) is 0 Å². The number of alkyl halides is 1. The molecule has 0 unspecified atom stereocenters. The molecule has 0 amide bonds. The van der Waals surface area contributed by atoms with E-state index >= 15 is 0 Å². The van der Waals surface area contributed by atoms with Gasteiger partial charge in [-0.25, -0.2) is 5.11 Å². The highest BCUT2D eigenvalue weighted by Crippen LogP contribution is 2.37. The molecule has 0 atom stereocenters. The molecule has 1 aliphatic rings. The first-order chi connectivity index (χ1) is 3.27. The van der Waals surface area contributed by atoms with Crippen molar-refractivity contribution >= 4 is 11.6 Å². The molecule has 0 aromatic rings. The van der Waals surface area contributed by atoms with E-state index in [1.54, 1.807) is 0 Å². The zero-order valence-electron chi connectivity index (χ0n) is 4.11. The van der Waals surface area contributed by atoms with Crippen molar-refractivity contribution in [1.82, 2.24) is 0 Å². The van der Waals surface area contributed by atoms with Crippen LogP contribution in [0.2, 0.25) is 0 Å². The first-order valence-corrected chi connectivity index (χ1v) is 2.92. The van der Waals surface area contributed by atoms with Gasteiger partial charge in [-0.1, -0.05) is 0 Å². The molecule has 0 aliphatic heterocycles. The second kappa shape index (κ2) is 1.64. The Bertz CT molecular complexity index is 63.0. The van der Waals surface area contributed by atoms with Crippen LogP contribution < -0.4 is 0 Å². The standard InChI is InChI=1S/C5H8ClO/c6-5(4-7)2-1-3-5/h1-4H2. The SMILES string of the molecule is [O]CC1(Cl)CCC1. The van der Waals surface area contributed by atoms with Crippen molar-refractivity contribution in [2.75, 3.05) is 6.61 Å². The van der Waals surface area contributed by atoms with Crippen LogP contribution in [0.5, 0.6) is 0 Å². The van der Waals surface area contributed by atoms with Gasteiger partial charge in [-0.2, -0.15) is 0 Å². The Kier molecular flexibility index (Phi) is 1.26. The van der Waals surface area contributed by atoms with Gasteiger partial charge in [-0.05, 0) is 19.3 Å². The van der Waals surface area contributed by atoms with Gasteiger partial charge in [0.2, 0.25) is 0 Å². The largest absolute Gasteiger partial charge is 0.235 e. The molecule has 1 nitrogen and oxygen atoms in total. The minimum Gasteiger partial charge on any atom is -0.235 e. The number of halogens is 1. The molecule has 0 aromatic heterocycles. The predicted octanol–water partition coefficient (Wildman–Crippen LogP) is 1.58. The molecule has 1 saturated carbocycles. The first-order valence-electron chi connectivity index (χ1n) is 2.54. The normalized spacial score (nSPS) is 26.6. The summed E-state index contributed by atoms with van der Waals surface area (Å²) in [4.78, 5) is -0.319. The molecule has 7 heavy (non-hydrogen) atoms. The molecule has 1 fully saturated rings. The lowest BCUT2D eigenvalue weighted by atomic mass is 9.85. The van der Waals surface area contributed by atoms with Crippen LogP contribution in [0.4, 0.5) is 0 Å². The summed E-state index contributed by atoms with van der Waals surface area (Å²) in [7, 11) is 0. The molecular formula is C5H8ClO. The van der Waals surface area contributed by atoms with Gasteiger partial charge in [0, 0.05) is 0 Å². The lowest BCUT2D eigenvalue weighted by Crippen LogP contribution is -2.33. The van der Waals surface area contributed by atoms with Crippen LogP contribution in [-0.2, 0) is 5.11 Å². The Hall–Kier alpha value is 0.250. The maximum atomic E-state index is 10.1. The van der Waals surface area contributed by atoms with Crippen LogP contribution in [0, 0.1) is 0 Å². The van der Waals surface area contributed by atoms with Gasteiger partial charge in [0.15, 0.2) is 0 Å². The first kappa shape index (κ1) is 5.39. The average molecular weight is 120 g/mol. The minimum absolute atomic E-state index is 0.103. The second-order valence-corrected chi connectivity index (χ2v) is 2.95. The second-order valence-electron chi connectivity index (χ2n) is 2.15. The van der Waals surface area contributed by atoms with Gasteiger partial charge in [0.05, 0.1) is 4.87 Å². The monoisotopic (exact) mass is 119 g/mol. The topological polar surface area (TPSA) is 19.9 Å². The molecule has 0 spiro atoms. The third kappa shape index (κ3) is 0.892. The van der Waals surface area contributed by atoms with Gasteiger partial charge in [-0.3, -0.25) is 0 Å². The van der Waals surface area contributed by atoms with Gasteiger partial charge >= 0.3 is 0 Å². The summed E-state index contributed by atoms with van der Waals surface area (Å²) in [5, 5.41) is 10.1. The molecule has 0 N–H and O–H groups in total. The van der Waals surface area contributed by atoms with E-state index in [0.717, 1.165) is 19.3 Å². The summed E-state index contributed by atoms with van der Waals surface area (Å²) < 4.78 is 0. The number of hydrogen-bond donors (Lipinski definition) is 0. The van der Waals surface area contributed by atoms with Gasteiger partial charge in [0.1, 0.15) is 6.61 Å². The Morgan fingerprint density at radius 2 is 2.14 bits per heavy atom. The zero-order valence-corrected chi connectivity index (χ0v) is 4.87. The number of rotatable bonds is 1. The van der Waals surface area contributed by atoms with E-state index in [2.05, 4.69) is 0 Å². The van der Waals surface area contributed by atoms with Crippen molar-refractivity contribution in [3.63, 3.8) is 0 Å². The quantitative estimate of drug-likeness (QED) is 0.467. The maximum Gasteiger partial charge on any atom is 0.101 e. The van der Waals surface area contributed by atoms with E-state index < -0.39 is 0 Å². The van der Waals surface area contributed by atoms with Crippen LogP contribution in [0.3, 0.4) is 0 Å². The van der Waals surface area contributed by atoms with Crippen LogP contribution in [0.1, 0.15) is 19.3 Å². The summed E-state index contributed by atoms with van der Waals surface area (Å²) in [6, 6.07) is 0. The Labute approximate surface area is 48.3 Å². The highest BCUT2D eigenvalue weighted by atomic mass is 35.5. The van der Waals surface area contributed by atoms with Crippen LogP contribution in [0.15, 0.2) is 0 Å². The number of hydrogen-bond acceptors (Lipinski definition) is 0. The lowest BCUT2D eigenvalue weighted by Gasteiger charge is -2.32. The summed E-state index contributed by atoms with van der Waals surface area (Å²) in [5.74, 6) is 0. The van der Waals surface area contributed by atoms with Gasteiger partial charge in [-0.15, -0.1) is 11.6 Å². The van der Waals surface area contributed by atoms with E-state index in [4.69, 9.17) is 11.6 Å². The van der Waals surface area contributed by atoms with Crippen molar-refractivity contribution in [2.45, 2.75) is 24.1 Å². The van der Waals surface area contributed by atoms with E-state index in [1.807, 2.05) is 0 Å². The lowest BCUT2D eigenvalue weighted by molar-refractivity contribution is 0.119. The summed E-state index contributed by atoms with van der Waals surface area (Å²) in [5.41, 5.74) is 0. The molecule has 0 saturated heterocycles. The highest BCUT2D eigenvalue weighted by Gasteiger charge is 2.34. The average Bonchev–Trinajstić information content (AvgIpc) is 1.61. The van der Waals surface area contributed by atoms with Crippen molar-refractivity contribution in [3.05, 3.63) is 0 Å². The zero-order chi connectivity index (χ0) is 5.33. The van der Waals surface area contributed by atoms with E-state index in [9.17, 15) is 5.11 Å². The highest BCUT2D eigenvalue weighted by molar-refractivity contribution is 6.24. The van der Waals surface area contributed by atoms with Gasteiger partial charge < -0.3 is 0 Å². The fourth-order valence-electron chi connectivity index (χ4n) is 0.705. The van der Waals surface area contributed by atoms with Crippen molar-refractivity contribution < 1.29 is 5.11 Å². The van der Waals surface area contributed by atoms with Crippen molar-refractivity contribution in [2.24, 2.45) is 0 Å². The van der Waals surface area contributed by atoms with E-state index in [0.29, 0.717) is 0 Å². The fraction of sp³-hybridized carbons (Fsp3) is 1.00. The molecule has 0 aromatic carbocycles. The Morgan fingerprint density at radius 3 is 2.14 bits per heavy atom. The summed E-state index contributed by atoms with van der Waals surface area (Å²) in [6.07, 6.45) is 3.00. The Morgan fingerprint density at radius 1 is 1.57 bits per heavy atom. The Balaban J connectivity index is 2.29. The minimum atomic E-state index is -0.319. The van der Waals surface area contributed by atoms with Crippen LogP contribution in [0.25, 0.3) is 0 Å². The third-order valence-corrected chi connectivity index (χ3v) is 2.00. The molecule has 1 aliphatic carbocycles. The van der Waals surface area contributed by atoms with Crippen LogP contribution in [-0.4, -0.2) is 11.5 Å². The smallest absolute Gasteiger partial charge is 0.101 e. The molecule has 1 radical (unpaired) electrons. The molecule has 2 heteroatoms. The molecule has 41 valence electrons.